The summed E-state index contributed by atoms with van der Waals surface area (Å²) in [5, 5.41) is 9.21. The molecule has 3 nitrogen and oxygen atoms in total. The van der Waals surface area contributed by atoms with Crippen molar-refractivity contribution in [1.29, 1.82) is 0 Å². The fourth-order valence-corrected chi connectivity index (χ4v) is 2.59. The van der Waals surface area contributed by atoms with Gasteiger partial charge in [0.15, 0.2) is 5.69 Å². The molecule has 3 rings (SSSR count). The molecule has 1 aromatic carbocycles. The SMILES string of the molecule is Oc1ccc(C2C=Cc3cc(Br)ccc3O2)c(C(F)(F)F)n1. The minimum Gasteiger partial charge on any atom is -0.493 e. The van der Waals surface area contributed by atoms with E-state index in [1.165, 1.54) is 12.1 Å². The van der Waals surface area contributed by atoms with Crippen molar-refractivity contribution in [3.8, 4) is 11.6 Å². The maximum atomic E-state index is 13.1. The molecule has 0 saturated heterocycles. The van der Waals surface area contributed by atoms with Gasteiger partial charge in [-0.2, -0.15) is 13.2 Å². The molecule has 1 aromatic heterocycles. The van der Waals surface area contributed by atoms with Crippen molar-refractivity contribution in [2.45, 2.75) is 12.3 Å². The molecule has 114 valence electrons. The predicted octanol–water partition coefficient (Wildman–Crippen LogP) is 4.72. The summed E-state index contributed by atoms with van der Waals surface area (Å²) in [5.41, 5.74) is -0.524. The molecule has 0 amide bonds. The van der Waals surface area contributed by atoms with Crippen LogP contribution in [0.15, 0.2) is 40.9 Å². The number of halogens is 4. The Hall–Kier alpha value is -2.02. The Balaban J connectivity index is 2.02. The molecule has 0 bridgehead atoms. The van der Waals surface area contributed by atoms with Crippen LogP contribution in [-0.2, 0) is 6.18 Å². The molecule has 7 heteroatoms. The van der Waals surface area contributed by atoms with Gasteiger partial charge in [-0.25, -0.2) is 4.98 Å². The number of rotatable bonds is 1. The molecule has 0 fully saturated rings. The van der Waals surface area contributed by atoms with Gasteiger partial charge in [0.05, 0.1) is 0 Å². The monoisotopic (exact) mass is 371 g/mol. The van der Waals surface area contributed by atoms with Crippen molar-refractivity contribution >= 4 is 22.0 Å². The summed E-state index contributed by atoms with van der Waals surface area (Å²) in [6.07, 6.45) is -2.37. The molecule has 1 aliphatic rings. The fraction of sp³-hybridized carbons (Fsp3) is 0.133. The molecule has 2 aromatic rings. The lowest BCUT2D eigenvalue weighted by Gasteiger charge is -2.24. The van der Waals surface area contributed by atoms with Gasteiger partial charge in [-0.05, 0) is 30.3 Å². The second-order valence-electron chi connectivity index (χ2n) is 4.68. The Kier molecular flexibility index (Phi) is 3.60. The average molecular weight is 372 g/mol. The molecular weight excluding hydrogens is 363 g/mol. The standard InChI is InChI=1S/C15H9BrF3NO2/c16-9-2-5-11-8(7-9)1-4-12(22-11)10-3-6-13(21)20-14(10)15(17,18)19/h1-7,12H,(H,20,21). The number of hydrogen-bond acceptors (Lipinski definition) is 3. The van der Waals surface area contributed by atoms with Crippen LogP contribution in [0.3, 0.4) is 0 Å². The van der Waals surface area contributed by atoms with Crippen LogP contribution in [0.4, 0.5) is 13.2 Å². The number of aromatic hydroxyl groups is 1. The quantitative estimate of drug-likeness (QED) is 0.788. The molecule has 0 aliphatic carbocycles. The van der Waals surface area contributed by atoms with Crippen LogP contribution in [-0.4, -0.2) is 10.1 Å². The largest absolute Gasteiger partial charge is 0.493 e. The first kappa shape index (κ1) is 14.9. The average Bonchev–Trinajstić information content (AvgIpc) is 2.46. The number of aromatic nitrogens is 1. The third-order valence-electron chi connectivity index (χ3n) is 3.16. The van der Waals surface area contributed by atoms with Gasteiger partial charge in [0.25, 0.3) is 0 Å². The van der Waals surface area contributed by atoms with Gasteiger partial charge in [0, 0.05) is 21.7 Å². The first-order chi connectivity index (χ1) is 10.3. The Labute approximate surface area is 132 Å². The number of ether oxygens (including phenoxy) is 1. The van der Waals surface area contributed by atoms with Gasteiger partial charge < -0.3 is 9.84 Å². The van der Waals surface area contributed by atoms with Gasteiger partial charge in [-0.15, -0.1) is 0 Å². The zero-order valence-corrected chi connectivity index (χ0v) is 12.5. The number of benzene rings is 1. The summed E-state index contributed by atoms with van der Waals surface area (Å²) in [4.78, 5) is 3.20. The van der Waals surface area contributed by atoms with Gasteiger partial charge in [-0.3, -0.25) is 0 Å². The third kappa shape index (κ3) is 2.81. The number of nitrogens with zero attached hydrogens (tertiary/aromatic N) is 1. The van der Waals surface area contributed by atoms with Crippen molar-refractivity contribution < 1.29 is 23.0 Å². The van der Waals surface area contributed by atoms with Gasteiger partial charge in [0.2, 0.25) is 5.88 Å². The molecule has 1 atom stereocenters. The minimum atomic E-state index is -4.68. The Morgan fingerprint density at radius 1 is 1.18 bits per heavy atom. The van der Waals surface area contributed by atoms with Crippen LogP contribution in [0.1, 0.15) is 22.9 Å². The molecule has 0 saturated carbocycles. The van der Waals surface area contributed by atoms with Crippen molar-refractivity contribution in [1.82, 2.24) is 4.98 Å². The Morgan fingerprint density at radius 2 is 1.95 bits per heavy atom. The van der Waals surface area contributed by atoms with Gasteiger partial charge >= 0.3 is 6.18 Å². The molecule has 0 spiro atoms. The van der Waals surface area contributed by atoms with Crippen LogP contribution in [0.2, 0.25) is 0 Å². The highest BCUT2D eigenvalue weighted by Crippen LogP contribution is 2.39. The topological polar surface area (TPSA) is 42.4 Å². The van der Waals surface area contributed by atoms with Crippen LogP contribution >= 0.6 is 15.9 Å². The molecule has 0 radical (unpaired) electrons. The lowest BCUT2D eigenvalue weighted by molar-refractivity contribution is -0.142. The van der Waals surface area contributed by atoms with E-state index in [-0.39, 0.29) is 5.56 Å². The lowest BCUT2D eigenvalue weighted by atomic mass is 10.0. The maximum Gasteiger partial charge on any atom is 0.433 e. The number of hydrogen-bond donors (Lipinski definition) is 1. The molecular formula is C15H9BrF3NO2. The number of pyridine rings is 1. The Morgan fingerprint density at radius 3 is 2.68 bits per heavy atom. The minimum absolute atomic E-state index is 0.143. The number of alkyl halides is 3. The van der Waals surface area contributed by atoms with Crippen LogP contribution in [0, 0.1) is 0 Å². The summed E-state index contributed by atoms with van der Waals surface area (Å²) < 4.78 is 45.7. The Bertz CT molecular complexity index is 759. The molecule has 2 heterocycles. The van der Waals surface area contributed by atoms with E-state index in [9.17, 15) is 18.3 Å². The summed E-state index contributed by atoms with van der Waals surface area (Å²) >= 11 is 3.32. The summed E-state index contributed by atoms with van der Waals surface area (Å²) in [7, 11) is 0. The molecule has 22 heavy (non-hydrogen) atoms. The first-order valence-electron chi connectivity index (χ1n) is 6.26. The molecule has 1 unspecified atom stereocenters. The fourth-order valence-electron chi connectivity index (χ4n) is 2.21. The van der Waals surface area contributed by atoms with Gasteiger partial charge in [0.1, 0.15) is 11.9 Å². The van der Waals surface area contributed by atoms with E-state index < -0.39 is 23.9 Å². The highest BCUT2D eigenvalue weighted by molar-refractivity contribution is 9.10. The molecule has 1 N–H and O–H groups in total. The second-order valence-corrected chi connectivity index (χ2v) is 5.60. The van der Waals surface area contributed by atoms with E-state index in [4.69, 9.17) is 4.74 Å². The van der Waals surface area contributed by atoms with Crippen molar-refractivity contribution in [3.63, 3.8) is 0 Å². The van der Waals surface area contributed by atoms with E-state index in [0.29, 0.717) is 5.75 Å². The van der Waals surface area contributed by atoms with E-state index in [2.05, 4.69) is 20.9 Å². The molecule has 1 aliphatic heterocycles. The summed E-state index contributed by atoms with van der Waals surface area (Å²) in [6, 6.07) is 7.51. The second kappa shape index (κ2) is 5.31. The van der Waals surface area contributed by atoms with Crippen molar-refractivity contribution in [2.75, 3.05) is 0 Å². The van der Waals surface area contributed by atoms with Gasteiger partial charge in [-0.1, -0.05) is 22.0 Å². The van der Waals surface area contributed by atoms with Crippen LogP contribution < -0.4 is 4.74 Å². The van der Waals surface area contributed by atoms with Crippen molar-refractivity contribution in [2.24, 2.45) is 0 Å². The third-order valence-corrected chi connectivity index (χ3v) is 3.66. The van der Waals surface area contributed by atoms with E-state index >= 15 is 0 Å². The smallest absolute Gasteiger partial charge is 0.433 e. The summed E-state index contributed by atoms with van der Waals surface area (Å²) in [6.45, 7) is 0. The highest BCUT2D eigenvalue weighted by atomic mass is 79.9. The maximum absolute atomic E-state index is 13.1. The van der Waals surface area contributed by atoms with E-state index in [0.717, 1.165) is 16.1 Å². The number of fused-ring (bicyclic) bond motifs is 1. The zero-order chi connectivity index (χ0) is 15.9. The predicted molar refractivity (Wildman–Crippen MR) is 77.4 cm³/mol. The normalized spacial score (nSPS) is 17.0. The lowest BCUT2D eigenvalue weighted by Crippen LogP contribution is -2.17. The van der Waals surface area contributed by atoms with Crippen LogP contribution in [0.25, 0.3) is 6.08 Å². The van der Waals surface area contributed by atoms with E-state index in [1.54, 1.807) is 18.2 Å². The van der Waals surface area contributed by atoms with E-state index in [1.807, 2.05) is 6.07 Å². The zero-order valence-electron chi connectivity index (χ0n) is 10.9. The van der Waals surface area contributed by atoms with Crippen molar-refractivity contribution in [3.05, 3.63) is 57.7 Å². The summed E-state index contributed by atoms with van der Waals surface area (Å²) in [5.74, 6) is -0.197. The highest BCUT2D eigenvalue weighted by Gasteiger charge is 2.38. The van der Waals surface area contributed by atoms with Crippen LogP contribution in [0.5, 0.6) is 11.6 Å². The first-order valence-corrected chi connectivity index (χ1v) is 7.05.